The molecule has 4 aromatic rings. The molecule has 1 heterocycles. The summed E-state index contributed by atoms with van der Waals surface area (Å²) in [6.07, 6.45) is 3.60. The number of nitrogens with one attached hydrogen (secondary N) is 1. The van der Waals surface area contributed by atoms with Crippen LogP contribution >= 0.6 is 0 Å². The van der Waals surface area contributed by atoms with Crippen LogP contribution in [0.25, 0.3) is 32.9 Å². The van der Waals surface area contributed by atoms with Gasteiger partial charge >= 0.3 is 0 Å². The van der Waals surface area contributed by atoms with Gasteiger partial charge in [-0.25, -0.2) is 0 Å². The molecule has 3 aromatic carbocycles. The largest absolute Gasteiger partial charge is 0.354 e. The predicted octanol–water partition coefficient (Wildman–Crippen LogP) is 6.64. The van der Waals surface area contributed by atoms with E-state index in [1.165, 1.54) is 56.9 Å². The lowest BCUT2D eigenvalue weighted by Crippen LogP contribution is -1.88. The number of para-hydroxylation sites is 1. The second-order valence-electron chi connectivity index (χ2n) is 6.71. The van der Waals surface area contributed by atoms with Crippen LogP contribution in [-0.4, -0.2) is 4.98 Å². The van der Waals surface area contributed by atoms with Crippen LogP contribution in [0.3, 0.4) is 0 Å². The van der Waals surface area contributed by atoms with E-state index in [0.29, 0.717) is 0 Å². The third-order valence-corrected chi connectivity index (χ3v) is 4.85. The molecule has 0 aliphatic carbocycles. The summed E-state index contributed by atoms with van der Waals surface area (Å²) in [5.74, 6) is 0. The van der Waals surface area contributed by atoms with E-state index in [1.54, 1.807) is 0 Å². The second kappa shape index (κ2) is 6.16. The molecule has 0 fully saturated rings. The van der Waals surface area contributed by atoms with E-state index in [4.69, 9.17) is 0 Å². The smallest absolute Gasteiger partial charge is 0.0473 e. The van der Waals surface area contributed by atoms with Crippen LogP contribution in [0.5, 0.6) is 0 Å². The summed E-state index contributed by atoms with van der Waals surface area (Å²) in [5.41, 5.74) is 7.83. The Morgan fingerprint density at radius 1 is 0.875 bits per heavy atom. The minimum absolute atomic E-state index is 1.14. The SMILES string of the molecule is CCCCc1cc(-c2ccc(C)cc2)c2c(c1)[nH]c1ccccc12. The van der Waals surface area contributed by atoms with Crippen LogP contribution in [0, 0.1) is 6.92 Å². The van der Waals surface area contributed by atoms with E-state index in [-0.39, 0.29) is 0 Å². The summed E-state index contributed by atoms with van der Waals surface area (Å²) in [4.78, 5) is 3.62. The van der Waals surface area contributed by atoms with Gasteiger partial charge in [0.15, 0.2) is 0 Å². The summed E-state index contributed by atoms with van der Waals surface area (Å²) < 4.78 is 0. The molecule has 1 aromatic heterocycles. The summed E-state index contributed by atoms with van der Waals surface area (Å²) in [7, 11) is 0. The molecular weight excluding hydrogens is 290 g/mol. The topological polar surface area (TPSA) is 15.8 Å². The quantitative estimate of drug-likeness (QED) is 0.434. The lowest BCUT2D eigenvalue weighted by Gasteiger charge is -2.09. The highest BCUT2D eigenvalue weighted by Crippen LogP contribution is 2.36. The number of aromatic nitrogens is 1. The van der Waals surface area contributed by atoms with Crippen LogP contribution in [0.4, 0.5) is 0 Å². The number of fused-ring (bicyclic) bond motifs is 3. The van der Waals surface area contributed by atoms with Crippen LogP contribution in [0.15, 0.2) is 60.7 Å². The Morgan fingerprint density at radius 3 is 2.46 bits per heavy atom. The third-order valence-electron chi connectivity index (χ3n) is 4.85. The maximum Gasteiger partial charge on any atom is 0.0473 e. The lowest BCUT2D eigenvalue weighted by molar-refractivity contribution is 0.796. The van der Waals surface area contributed by atoms with E-state index >= 15 is 0 Å². The number of hydrogen-bond donors (Lipinski definition) is 1. The van der Waals surface area contributed by atoms with E-state index in [9.17, 15) is 0 Å². The molecule has 0 amide bonds. The van der Waals surface area contributed by atoms with Gasteiger partial charge in [0.05, 0.1) is 0 Å². The van der Waals surface area contributed by atoms with Crippen LogP contribution in [0.2, 0.25) is 0 Å². The van der Waals surface area contributed by atoms with Crippen molar-refractivity contribution in [2.45, 2.75) is 33.1 Å². The van der Waals surface area contributed by atoms with Crippen molar-refractivity contribution in [2.75, 3.05) is 0 Å². The summed E-state index contributed by atoms with van der Waals surface area (Å²) in [5, 5.41) is 2.65. The van der Waals surface area contributed by atoms with Crippen molar-refractivity contribution in [3.63, 3.8) is 0 Å². The average molecular weight is 313 g/mol. The Bertz CT molecular complexity index is 990. The molecule has 0 aliphatic heterocycles. The molecule has 1 heteroatoms. The monoisotopic (exact) mass is 313 g/mol. The van der Waals surface area contributed by atoms with Crippen molar-refractivity contribution in [3.05, 3.63) is 71.8 Å². The van der Waals surface area contributed by atoms with Gasteiger partial charge in [0.1, 0.15) is 0 Å². The molecule has 1 nitrogen and oxygen atoms in total. The van der Waals surface area contributed by atoms with Crippen LogP contribution in [-0.2, 0) is 6.42 Å². The van der Waals surface area contributed by atoms with Gasteiger partial charge in [-0.1, -0.05) is 67.4 Å². The summed E-state index contributed by atoms with van der Waals surface area (Å²) >= 11 is 0. The number of aromatic amines is 1. The Hall–Kier alpha value is -2.54. The molecule has 0 bridgehead atoms. The van der Waals surface area contributed by atoms with Gasteiger partial charge in [-0.15, -0.1) is 0 Å². The third kappa shape index (κ3) is 2.60. The first-order valence-corrected chi connectivity index (χ1v) is 8.86. The first-order valence-electron chi connectivity index (χ1n) is 8.86. The summed E-state index contributed by atoms with van der Waals surface area (Å²) in [6.45, 7) is 4.39. The average Bonchev–Trinajstić information content (AvgIpc) is 2.98. The molecule has 0 spiro atoms. The Kier molecular flexibility index (Phi) is 3.86. The minimum atomic E-state index is 1.14. The molecule has 0 saturated carbocycles. The van der Waals surface area contributed by atoms with Gasteiger partial charge < -0.3 is 4.98 Å². The fourth-order valence-electron chi connectivity index (χ4n) is 3.53. The highest BCUT2D eigenvalue weighted by atomic mass is 14.7. The molecule has 120 valence electrons. The van der Waals surface area contributed by atoms with Gasteiger partial charge in [-0.05, 0) is 48.6 Å². The fourth-order valence-corrected chi connectivity index (χ4v) is 3.53. The van der Waals surface area contributed by atoms with Crippen LogP contribution < -0.4 is 0 Å². The maximum atomic E-state index is 3.62. The molecule has 1 N–H and O–H groups in total. The van der Waals surface area contributed by atoms with Gasteiger partial charge in [0.25, 0.3) is 0 Å². The van der Waals surface area contributed by atoms with Crippen molar-refractivity contribution in [3.8, 4) is 11.1 Å². The molecular formula is C23H23N. The zero-order chi connectivity index (χ0) is 16.5. The van der Waals surface area contributed by atoms with E-state index in [1.807, 2.05) is 0 Å². The fraction of sp³-hybridized carbons (Fsp3) is 0.217. The number of benzene rings is 3. The first-order chi connectivity index (χ1) is 11.8. The van der Waals surface area contributed by atoms with Crippen molar-refractivity contribution in [1.82, 2.24) is 4.98 Å². The van der Waals surface area contributed by atoms with E-state index in [0.717, 1.165) is 6.42 Å². The van der Waals surface area contributed by atoms with Crippen molar-refractivity contribution >= 4 is 21.8 Å². The lowest BCUT2D eigenvalue weighted by atomic mass is 9.95. The highest BCUT2D eigenvalue weighted by molar-refractivity contribution is 6.14. The second-order valence-corrected chi connectivity index (χ2v) is 6.71. The minimum Gasteiger partial charge on any atom is -0.354 e. The number of rotatable bonds is 4. The Balaban J connectivity index is 2.01. The van der Waals surface area contributed by atoms with E-state index < -0.39 is 0 Å². The number of hydrogen-bond acceptors (Lipinski definition) is 0. The van der Waals surface area contributed by atoms with Crippen molar-refractivity contribution < 1.29 is 0 Å². The molecule has 0 saturated heterocycles. The van der Waals surface area contributed by atoms with Crippen molar-refractivity contribution in [2.24, 2.45) is 0 Å². The normalized spacial score (nSPS) is 11.4. The molecule has 0 radical (unpaired) electrons. The van der Waals surface area contributed by atoms with Gasteiger partial charge in [-0.3, -0.25) is 0 Å². The predicted molar refractivity (Wildman–Crippen MR) is 105 cm³/mol. The van der Waals surface area contributed by atoms with Gasteiger partial charge in [0, 0.05) is 21.8 Å². The highest BCUT2D eigenvalue weighted by Gasteiger charge is 2.12. The molecule has 4 rings (SSSR count). The van der Waals surface area contributed by atoms with E-state index in [2.05, 4.69) is 79.5 Å². The number of H-pyrrole nitrogens is 1. The van der Waals surface area contributed by atoms with Gasteiger partial charge in [-0.2, -0.15) is 0 Å². The summed E-state index contributed by atoms with van der Waals surface area (Å²) in [6, 6.07) is 22.2. The molecule has 0 atom stereocenters. The number of aryl methyl sites for hydroxylation is 2. The zero-order valence-electron chi connectivity index (χ0n) is 14.4. The van der Waals surface area contributed by atoms with Crippen molar-refractivity contribution in [1.29, 1.82) is 0 Å². The van der Waals surface area contributed by atoms with Crippen LogP contribution in [0.1, 0.15) is 30.9 Å². The standard InChI is InChI=1S/C23H23N/c1-3-4-7-17-14-20(18-12-10-16(2)11-13-18)23-19-8-5-6-9-21(19)24-22(23)15-17/h5-6,8-15,24H,3-4,7H2,1-2H3. The first kappa shape index (κ1) is 15.0. The zero-order valence-corrected chi connectivity index (χ0v) is 14.4. The molecule has 0 unspecified atom stereocenters. The molecule has 24 heavy (non-hydrogen) atoms. The Morgan fingerprint density at radius 2 is 1.67 bits per heavy atom. The maximum absolute atomic E-state index is 3.62. The van der Waals surface area contributed by atoms with Gasteiger partial charge in [0.2, 0.25) is 0 Å². The number of unbranched alkanes of at least 4 members (excludes halogenated alkanes) is 1. The Labute approximate surface area is 143 Å². The molecule has 0 aliphatic rings.